The molecule has 0 amide bonds. The number of nitrogens with one attached hydrogen (secondary N) is 1. The Hall–Kier alpha value is -2.76. The molecule has 0 aliphatic carbocycles. The number of hydrogen-bond acceptors (Lipinski definition) is 2. The normalized spacial score (nSPS) is 21.1. The zero-order valence-electron chi connectivity index (χ0n) is 14.5. The highest BCUT2D eigenvalue weighted by atomic mass is 35.5. The summed E-state index contributed by atoms with van der Waals surface area (Å²) < 4.78 is 1.99. The van der Waals surface area contributed by atoms with Gasteiger partial charge in [0.1, 0.15) is 6.04 Å². The molecule has 0 bridgehead atoms. The monoisotopic (exact) mass is 411 g/mol. The van der Waals surface area contributed by atoms with Crippen LogP contribution in [0.3, 0.4) is 0 Å². The maximum absolute atomic E-state index is 12.3. The van der Waals surface area contributed by atoms with Gasteiger partial charge in [0.15, 0.2) is 0 Å². The van der Waals surface area contributed by atoms with E-state index in [0.717, 1.165) is 27.7 Å². The van der Waals surface area contributed by atoms with E-state index in [2.05, 4.69) is 4.98 Å². The van der Waals surface area contributed by atoms with Crippen molar-refractivity contribution in [3.63, 3.8) is 0 Å². The first kappa shape index (κ1) is 17.3. The molecule has 3 atom stereocenters. The molecule has 4 aromatic rings. The summed E-state index contributed by atoms with van der Waals surface area (Å²) in [4.78, 5) is 15.3. The number of hydrogen-bond donors (Lipinski definition) is 1. The van der Waals surface area contributed by atoms with Crippen molar-refractivity contribution >= 4 is 34.1 Å². The third kappa shape index (κ3) is 2.47. The highest BCUT2D eigenvalue weighted by molar-refractivity contribution is 6.42. The smallest absolute Gasteiger partial charge is 0.249 e. The average Bonchev–Trinajstić information content (AvgIpc) is 3.37. The molecule has 3 heterocycles. The van der Waals surface area contributed by atoms with E-state index >= 15 is 0 Å². The molecule has 5 nitrogen and oxygen atoms in total. The summed E-state index contributed by atoms with van der Waals surface area (Å²) in [7, 11) is 0. The molecule has 0 unspecified atom stereocenters. The number of para-hydroxylation sites is 1. The van der Waals surface area contributed by atoms with Gasteiger partial charge < -0.3 is 9.55 Å². The number of nitro groups is 1. The second kappa shape index (κ2) is 6.40. The average molecular weight is 412 g/mol. The fraction of sp³-hybridized carbons (Fsp3) is 0.143. The lowest BCUT2D eigenvalue weighted by Crippen LogP contribution is -2.30. The third-order valence-electron chi connectivity index (χ3n) is 5.58. The lowest BCUT2D eigenvalue weighted by molar-refractivity contribution is -0.527. The summed E-state index contributed by atoms with van der Waals surface area (Å²) in [5, 5.41) is 14.1. The third-order valence-corrected chi connectivity index (χ3v) is 6.32. The van der Waals surface area contributed by atoms with Crippen LogP contribution in [-0.4, -0.2) is 20.5 Å². The molecule has 0 saturated carbocycles. The van der Waals surface area contributed by atoms with Crippen LogP contribution in [0, 0.1) is 10.1 Å². The molecule has 0 spiro atoms. The molecule has 1 aliphatic rings. The second-order valence-corrected chi connectivity index (χ2v) is 7.82. The van der Waals surface area contributed by atoms with Crippen LogP contribution in [-0.2, 0) is 0 Å². The van der Waals surface area contributed by atoms with Crippen molar-refractivity contribution in [1.82, 2.24) is 9.55 Å². The first-order valence-electron chi connectivity index (χ1n) is 8.87. The van der Waals surface area contributed by atoms with Gasteiger partial charge in [-0.1, -0.05) is 47.5 Å². The lowest BCUT2D eigenvalue weighted by atomic mass is 9.86. The number of aromatic nitrogens is 2. The molecule has 0 radical (unpaired) electrons. The van der Waals surface area contributed by atoms with Crippen molar-refractivity contribution in [2.75, 3.05) is 0 Å². The first-order valence-corrected chi connectivity index (χ1v) is 9.63. The number of benzene rings is 2. The van der Waals surface area contributed by atoms with Crippen molar-refractivity contribution < 1.29 is 4.92 Å². The molecule has 2 aromatic heterocycles. The SMILES string of the molecule is O=[N+]([O-])[C@H]1[C@H](c2c[nH]c3ccccc23)c2cccn2[C@@H]1c1ccc(Cl)c(Cl)c1. The number of nitrogens with zero attached hydrogens (tertiary/aromatic N) is 2. The van der Waals surface area contributed by atoms with Gasteiger partial charge in [-0.05, 0) is 41.5 Å². The van der Waals surface area contributed by atoms with Crippen molar-refractivity contribution in [2.45, 2.75) is 18.0 Å². The van der Waals surface area contributed by atoms with Gasteiger partial charge in [0.25, 0.3) is 0 Å². The summed E-state index contributed by atoms with van der Waals surface area (Å²) in [6, 6.07) is 15.7. The van der Waals surface area contributed by atoms with Crippen LogP contribution in [0.2, 0.25) is 10.0 Å². The Morgan fingerprint density at radius 1 is 1.04 bits per heavy atom. The van der Waals surface area contributed by atoms with E-state index in [0.29, 0.717) is 10.0 Å². The van der Waals surface area contributed by atoms with Gasteiger partial charge in [-0.3, -0.25) is 10.1 Å². The van der Waals surface area contributed by atoms with Gasteiger partial charge in [-0.2, -0.15) is 0 Å². The van der Waals surface area contributed by atoms with E-state index in [9.17, 15) is 10.1 Å². The summed E-state index contributed by atoms with van der Waals surface area (Å²) in [5.74, 6) is -0.374. The zero-order chi connectivity index (χ0) is 19.4. The van der Waals surface area contributed by atoms with E-state index in [-0.39, 0.29) is 10.8 Å². The van der Waals surface area contributed by atoms with Gasteiger partial charge in [0.2, 0.25) is 6.04 Å². The van der Waals surface area contributed by atoms with E-state index in [1.54, 1.807) is 12.1 Å². The second-order valence-electron chi connectivity index (χ2n) is 7.00. The van der Waals surface area contributed by atoms with Crippen LogP contribution in [0.5, 0.6) is 0 Å². The molecular weight excluding hydrogens is 397 g/mol. The largest absolute Gasteiger partial charge is 0.361 e. The summed E-state index contributed by atoms with van der Waals surface area (Å²) >= 11 is 12.3. The summed E-state index contributed by atoms with van der Waals surface area (Å²) in [6.45, 7) is 0. The van der Waals surface area contributed by atoms with E-state index < -0.39 is 12.1 Å². The van der Waals surface area contributed by atoms with Crippen LogP contribution in [0.4, 0.5) is 0 Å². The Kier molecular flexibility index (Phi) is 3.96. The van der Waals surface area contributed by atoms with Crippen LogP contribution in [0.25, 0.3) is 10.9 Å². The number of fused-ring (bicyclic) bond motifs is 2. The topological polar surface area (TPSA) is 63.9 Å². The first-order chi connectivity index (χ1) is 13.6. The maximum atomic E-state index is 12.3. The van der Waals surface area contributed by atoms with Gasteiger partial charge in [-0.15, -0.1) is 0 Å². The Labute approximate surface area is 170 Å². The maximum Gasteiger partial charge on any atom is 0.249 e. The predicted molar refractivity (Wildman–Crippen MR) is 110 cm³/mol. The molecule has 0 saturated heterocycles. The Morgan fingerprint density at radius 2 is 1.86 bits per heavy atom. The Balaban J connectivity index is 1.72. The number of H-pyrrole nitrogens is 1. The van der Waals surface area contributed by atoms with Gasteiger partial charge in [0.05, 0.1) is 16.0 Å². The molecule has 7 heteroatoms. The predicted octanol–water partition coefficient (Wildman–Crippen LogP) is 5.66. The molecule has 1 N–H and O–H groups in total. The molecule has 28 heavy (non-hydrogen) atoms. The number of halogens is 2. The lowest BCUT2D eigenvalue weighted by Gasteiger charge is -2.19. The molecular formula is C21H15Cl2N3O2. The molecule has 1 aliphatic heterocycles. The molecule has 0 fully saturated rings. The molecule has 5 rings (SSSR count). The van der Waals surface area contributed by atoms with Crippen LogP contribution in [0.1, 0.15) is 28.8 Å². The Morgan fingerprint density at radius 3 is 2.64 bits per heavy atom. The van der Waals surface area contributed by atoms with Crippen LogP contribution >= 0.6 is 23.2 Å². The van der Waals surface area contributed by atoms with Crippen molar-refractivity contribution in [2.24, 2.45) is 0 Å². The van der Waals surface area contributed by atoms with Crippen molar-refractivity contribution in [3.05, 3.63) is 104 Å². The van der Waals surface area contributed by atoms with E-state index in [1.807, 2.05) is 59.4 Å². The van der Waals surface area contributed by atoms with E-state index in [1.165, 1.54) is 0 Å². The quantitative estimate of drug-likeness (QED) is 0.349. The highest BCUT2D eigenvalue weighted by Gasteiger charge is 2.50. The van der Waals surface area contributed by atoms with Crippen molar-refractivity contribution in [1.29, 1.82) is 0 Å². The van der Waals surface area contributed by atoms with Crippen LogP contribution < -0.4 is 0 Å². The molecule has 2 aromatic carbocycles. The fourth-order valence-corrected chi connectivity index (χ4v) is 4.74. The number of aromatic amines is 1. The molecule has 140 valence electrons. The minimum Gasteiger partial charge on any atom is -0.361 e. The minimum absolute atomic E-state index is 0.174. The van der Waals surface area contributed by atoms with Crippen LogP contribution in [0.15, 0.2) is 67.0 Å². The van der Waals surface area contributed by atoms with Gasteiger partial charge in [0, 0.05) is 33.9 Å². The fourth-order valence-electron chi connectivity index (χ4n) is 4.43. The number of rotatable bonds is 3. The van der Waals surface area contributed by atoms with Gasteiger partial charge >= 0.3 is 0 Å². The Bertz CT molecular complexity index is 1210. The van der Waals surface area contributed by atoms with Gasteiger partial charge in [-0.25, -0.2) is 0 Å². The zero-order valence-corrected chi connectivity index (χ0v) is 16.1. The highest BCUT2D eigenvalue weighted by Crippen LogP contribution is 2.47. The van der Waals surface area contributed by atoms with E-state index in [4.69, 9.17) is 23.2 Å². The van der Waals surface area contributed by atoms with Crippen molar-refractivity contribution in [3.8, 4) is 0 Å². The standard InChI is InChI=1S/C21H15Cl2N3O2/c22-15-8-7-12(10-16(15)23)20-21(26(27)28)19(18-6-3-9-25(18)20)14-11-24-17-5-2-1-4-13(14)17/h1-11,19-21,24H/t19-,20-,21+/m1/s1. The minimum atomic E-state index is -0.854. The summed E-state index contributed by atoms with van der Waals surface area (Å²) in [5.41, 5.74) is 3.59. The summed E-state index contributed by atoms with van der Waals surface area (Å²) in [6.07, 6.45) is 3.79.